The van der Waals surface area contributed by atoms with Gasteiger partial charge in [-0.1, -0.05) is 6.07 Å². The summed E-state index contributed by atoms with van der Waals surface area (Å²) in [5, 5.41) is 21.6. The Morgan fingerprint density at radius 2 is 1.61 bits per heavy atom. The molecule has 2 aromatic carbocycles. The highest BCUT2D eigenvalue weighted by Crippen LogP contribution is 2.42. The van der Waals surface area contributed by atoms with Gasteiger partial charge in [-0.2, -0.15) is 0 Å². The number of nitro groups is 1. The van der Waals surface area contributed by atoms with Gasteiger partial charge in [-0.3, -0.25) is 14.7 Å². The van der Waals surface area contributed by atoms with Crippen molar-refractivity contribution in [2.24, 2.45) is 10.2 Å². The first-order valence-corrected chi connectivity index (χ1v) is 10.7. The summed E-state index contributed by atoms with van der Waals surface area (Å²) in [7, 11) is 4.68. The lowest BCUT2D eigenvalue weighted by atomic mass is 10.2. The van der Waals surface area contributed by atoms with E-state index in [1.54, 1.807) is 44.8 Å². The minimum absolute atomic E-state index is 0.00488. The van der Waals surface area contributed by atoms with Crippen LogP contribution in [-0.2, 0) is 0 Å². The molecule has 0 aliphatic heterocycles. The van der Waals surface area contributed by atoms with Crippen LogP contribution in [0.15, 0.2) is 76.3 Å². The van der Waals surface area contributed by atoms with Crippen molar-refractivity contribution in [3.63, 3.8) is 0 Å². The van der Waals surface area contributed by atoms with E-state index < -0.39 is 4.92 Å². The molecule has 0 saturated carbocycles. The van der Waals surface area contributed by atoms with Crippen LogP contribution in [0.2, 0.25) is 0 Å². The highest BCUT2D eigenvalue weighted by Gasteiger charge is 2.19. The van der Waals surface area contributed by atoms with Crippen molar-refractivity contribution >= 4 is 28.5 Å². The number of thiophene rings is 1. The third-order valence-corrected chi connectivity index (χ3v) is 5.76. The lowest BCUT2D eigenvalue weighted by Gasteiger charge is -2.16. The summed E-state index contributed by atoms with van der Waals surface area (Å²) in [5.41, 5.74) is 2.15. The average molecular weight is 465 g/mol. The first-order valence-electron chi connectivity index (χ1n) is 9.78. The summed E-state index contributed by atoms with van der Waals surface area (Å²) >= 11 is 1.60. The molecule has 0 unspecified atom stereocenters. The predicted octanol–water partition coefficient (Wildman–Crippen LogP) is 6.56. The van der Waals surface area contributed by atoms with E-state index in [0.29, 0.717) is 28.8 Å². The number of nitrogens with zero attached hydrogens (tertiary/aromatic N) is 4. The van der Waals surface area contributed by atoms with Gasteiger partial charge in [0.25, 0.3) is 5.69 Å². The maximum atomic E-state index is 10.9. The predicted molar refractivity (Wildman–Crippen MR) is 126 cm³/mol. The molecule has 0 spiro atoms. The van der Waals surface area contributed by atoms with E-state index in [2.05, 4.69) is 10.2 Å². The summed E-state index contributed by atoms with van der Waals surface area (Å²) in [5.74, 6) is 2.07. The van der Waals surface area contributed by atoms with E-state index >= 15 is 0 Å². The van der Waals surface area contributed by atoms with Crippen molar-refractivity contribution in [2.75, 3.05) is 21.3 Å². The molecule has 0 saturated heterocycles. The average Bonchev–Trinajstić information content (AvgIpc) is 3.51. The Labute approximate surface area is 193 Å². The van der Waals surface area contributed by atoms with Gasteiger partial charge in [0.1, 0.15) is 0 Å². The number of rotatable bonds is 8. The number of methoxy groups -OCH3 is 3. The third kappa shape index (κ3) is 4.41. The van der Waals surface area contributed by atoms with Gasteiger partial charge in [0.05, 0.1) is 48.2 Å². The van der Waals surface area contributed by atoms with Crippen LogP contribution >= 0.6 is 11.3 Å². The van der Waals surface area contributed by atoms with Crippen molar-refractivity contribution in [2.45, 2.75) is 0 Å². The molecule has 0 bridgehead atoms. The van der Waals surface area contributed by atoms with Gasteiger partial charge < -0.3 is 14.2 Å². The van der Waals surface area contributed by atoms with Crippen LogP contribution in [0.5, 0.6) is 17.2 Å². The second-order valence-corrected chi connectivity index (χ2v) is 7.69. The molecule has 4 rings (SSSR count). The smallest absolute Gasteiger partial charge is 0.269 e. The van der Waals surface area contributed by atoms with Crippen molar-refractivity contribution < 1.29 is 19.1 Å². The number of benzene rings is 2. The molecule has 2 heterocycles. The zero-order valence-electron chi connectivity index (χ0n) is 18.1. The number of azo groups is 1. The molecule has 0 fully saturated rings. The number of ether oxygens (including phenoxy) is 3. The molecule has 4 aromatic rings. The van der Waals surface area contributed by atoms with Gasteiger partial charge in [0.15, 0.2) is 17.3 Å². The van der Waals surface area contributed by atoms with E-state index in [9.17, 15) is 10.1 Å². The Bertz CT molecular complexity index is 1270. The first-order chi connectivity index (χ1) is 16.0. The largest absolute Gasteiger partial charge is 0.493 e. The number of aromatic nitrogens is 1. The minimum Gasteiger partial charge on any atom is -0.493 e. The SMILES string of the molecule is COc1cc(-n2c(N=Nc3ccc([N+](=O)[O-])cc3)ccc2-c2cccs2)cc(OC)c1OC. The molecule has 0 radical (unpaired) electrons. The van der Waals surface area contributed by atoms with Crippen molar-refractivity contribution in [1.29, 1.82) is 0 Å². The van der Waals surface area contributed by atoms with Crippen LogP contribution < -0.4 is 14.2 Å². The standard InChI is InChI=1S/C23H20N4O5S/c1-30-19-13-17(14-20(31-2)23(19)32-3)26-18(21-5-4-12-33-21)10-11-22(26)25-24-15-6-8-16(9-7-15)27(28)29/h4-14H,1-3H3. The van der Waals surface area contributed by atoms with Crippen LogP contribution in [-0.4, -0.2) is 30.8 Å². The summed E-state index contributed by atoms with van der Waals surface area (Å²) in [6.45, 7) is 0. The van der Waals surface area contributed by atoms with E-state index in [1.165, 1.54) is 12.1 Å². The maximum absolute atomic E-state index is 10.9. The molecule has 0 N–H and O–H groups in total. The molecular weight excluding hydrogens is 444 g/mol. The van der Waals surface area contributed by atoms with Crippen molar-refractivity contribution in [3.05, 3.63) is 76.2 Å². The Morgan fingerprint density at radius 1 is 0.909 bits per heavy atom. The zero-order valence-corrected chi connectivity index (χ0v) is 18.9. The Kier molecular flexibility index (Phi) is 6.36. The van der Waals surface area contributed by atoms with E-state index in [-0.39, 0.29) is 5.69 Å². The van der Waals surface area contributed by atoms with Crippen molar-refractivity contribution in [3.8, 4) is 33.5 Å². The lowest BCUT2D eigenvalue weighted by molar-refractivity contribution is -0.384. The summed E-state index contributed by atoms with van der Waals surface area (Å²) in [6.07, 6.45) is 0. The fraction of sp³-hybridized carbons (Fsp3) is 0.130. The van der Waals surface area contributed by atoms with Crippen molar-refractivity contribution in [1.82, 2.24) is 4.57 Å². The summed E-state index contributed by atoms with van der Waals surface area (Å²) < 4.78 is 18.4. The second kappa shape index (κ2) is 9.53. The molecule has 2 aromatic heterocycles. The van der Waals surface area contributed by atoms with Gasteiger partial charge in [-0.15, -0.1) is 21.6 Å². The molecule has 0 amide bonds. The molecule has 9 nitrogen and oxygen atoms in total. The molecule has 0 atom stereocenters. The van der Waals surface area contributed by atoms with Gasteiger partial charge in [0, 0.05) is 24.3 Å². The van der Waals surface area contributed by atoms with E-state index in [4.69, 9.17) is 14.2 Å². The zero-order chi connectivity index (χ0) is 23.4. The van der Waals surface area contributed by atoms with E-state index in [0.717, 1.165) is 16.3 Å². The van der Waals surface area contributed by atoms with Crippen LogP contribution in [0, 0.1) is 10.1 Å². The minimum atomic E-state index is -0.455. The highest BCUT2D eigenvalue weighted by molar-refractivity contribution is 7.13. The molecule has 33 heavy (non-hydrogen) atoms. The third-order valence-electron chi connectivity index (χ3n) is 4.87. The molecule has 0 aliphatic rings. The summed E-state index contributed by atoms with van der Waals surface area (Å²) in [4.78, 5) is 11.5. The molecule has 10 heteroatoms. The highest BCUT2D eigenvalue weighted by atomic mass is 32.1. The van der Waals surface area contributed by atoms with Gasteiger partial charge in [-0.25, -0.2) is 0 Å². The normalized spacial score (nSPS) is 11.0. The number of hydrogen-bond acceptors (Lipinski definition) is 8. The first kappa shape index (κ1) is 22.0. The summed E-state index contributed by atoms with van der Waals surface area (Å²) in [6, 6.07) is 17.4. The topological polar surface area (TPSA) is 100 Å². The maximum Gasteiger partial charge on any atom is 0.269 e. The molecule has 168 valence electrons. The number of nitro benzene ring substituents is 1. The number of hydrogen-bond donors (Lipinski definition) is 0. The van der Waals surface area contributed by atoms with Gasteiger partial charge >= 0.3 is 0 Å². The monoisotopic (exact) mass is 464 g/mol. The van der Waals surface area contributed by atoms with Crippen LogP contribution in [0.3, 0.4) is 0 Å². The quantitative estimate of drug-likeness (QED) is 0.167. The fourth-order valence-electron chi connectivity index (χ4n) is 3.34. The molecular formula is C23H20N4O5S. The van der Waals surface area contributed by atoms with E-state index in [1.807, 2.05) is 46.3 Å². The Balaban J connectivity index is 1.83. The second-order valence-electron chi connectivity index (χ2n) is 6.75. The fourth-order valence-corrected chi connectivity index (χ4v) is 4.08. The van der Waals surface area contributed by atoms with Crippen LogP contribution in [0.25, 0.3) is 16.3 Å². The number of non-ortho nitro benzene ring substituents is 1. The Morgan fingerprint density at radius 3 is 2.15 bits per heavy atom. The molecule has 0 aliphatic carbocycles. The van der Waals surface area contributed by atoms with Crippen LogP contribution in [0.4, 0.5) is 17.2 Å². The van der Waals surface area contributed by atoms with Gasteiger partial charge in [0.2, 0.25) is 5.75 Å². The van der Waals surface area contributed by atoms with Gasteiger partial charge in [-0.05, 0) is 35.7 Å². The lowest BCUT2D eigenvalue weighted by Crippen LogP contribution is -2.00. The van der Waals surface area contributed by atoms with Crippen LogP contribution in [0.1, 0.15) is 0 Å². The Hall–Kier alpha value is -4.18.